The quantitative estimate of drug-likeness (QED) is 0.855. The summed E-state index contributed by atoms with van der Waals surface area (Å²) in [4.78, 5) is 29.9. The van der Waals surface area contributed by atoms with E-state index >= 15 is 0 Å². The van der Waals surface area contributed by atoms with Crippen molar-refractivity contribution in [1.29, 1.82) is 0 Å². The Hall–Kier alpha value is -2.24. The van der Waals surface area contributed by atoms with E-state index < -0.39 is 0 Å². The highest BCUT2D eigenvalue weighted by Gasteiger charge is 2.33. The molecule has 0 radical (unpaired) electrons. The van der Waals surface area contributed by atoms with E-state index in [-0.39, 0.29) is 18.2 Å². The Kier molecular flexibility index (Phi) is 5.23. The van der Waals surface area contributed by atoms with Crippen LogP contribution in [0.2, 0.25) is 0 Å². The standard InChI is InChI=1S/C18H25N3O3/c1-19-10-5-11-21(17(19)22)16-8-12-20(13-9-16)18(23)24-14-15-6-3-2-4-7-15/h2-4,6-7,16H,5,8-14H2,1H3. The van der Waals surface area contributed by atoms with E-state index in [1.165, 1.54) is 0 Å². The van der Waals surface area contributed by atoms with Crippen molar-refractivity contribution in [3.63, 3.8) is 0 Å². The summed E-state index contributed by atoms with van der Waals surface area (Å²) < 4.78 is 5.38. The Labute approximate surface area is 143 Å². The van der Waals surface area contributed by atoms with Crippen molar-refractivity contribution in [1.82, 2.24) is 14.7 Å². The van der Waals surface area contributed by atoms with Crippen molar-refractivity contribution >= 4 is 12.1 Å². The van der Waals surface area contributed by atoms with E-state index in [9.17, 15) is 9.59 Å². The molecule has 2 saturated heterocycles. The third-order valence-electron chi connectivity index (χ3n) is 4.83. The van der Waals surface area contributed by atoms with Crippen molar-refractivity contribution in [2.45, 2.75) is 31.9 Å². The summed E-state index contributed by atoms with van der Waals surface area (Å²) >= 11 is 0. The minimum Gasteiger partial charge on any atom is -0.445 e. The van der Waals surface area contributed by atoms with Gasteiger partial charge in [0.25, 0.3) is 0 Å². The van der Waals surface area contributed by atoms with Crippen LogP contribution in [0.1, 0.15) is 24.8 Å². The summed E-state index contributed by atoms with van der Waals surface area (Å²) in [5.41, 5.74) is 0.989. The Balaban J connectivity index is 1.46. The van der Waals surface area contributed by atoms with Gasteiger partial charge in [-0.1, -0.05) is 30.3 Å². The molecule has 0 N–H and O–H groups in total. The SMILES string of the molecule is CN1CCCN(C2CCN(C(=O)OCc3ccccc3)CC2)C1=O. The number of nitrogens with zero attached hydrogens (tertiary/aromatic N) is 3. The molecule has 2 heterocycles. The van der Waals surface area contributed by atoms with Gasteiger partial charge in [0.05, 0.1) is 0 Å². The van der Waals surface area contributed by atoms with Gasteiger partial charge in [0, 0.05) is 39.3 Å². The lowest BCUT2D eigenvalue weighted by atomic mass is 10.0. The molecule has 0 aliphatic carbocycles. The number of likely N-dealkylation sites (tertiary alicyclic amines) is 1. The van der Waals surface area contributed by atoms with Crippen LogP contribution in [-0.2, 0) is 11.3 Å². The molecule has 2 aliphatic rings. The van der Waals surface area contributed by atoms with Crippen LogP contribution in [0.4, 0.5) is 9.59 Å². The summed E-state index contributed by atoms with van der Waals surface area (Å²) in [6.07, 6.45) is 2.39. The van der Waals surface area contributed by atoms with Crippen LogP contribution in [0.25, 0.3) is 0 Å². The Morgan fingerprint density at radius 3 is 2.54 bits per heavy atom. The first-order chi connectivity index (χ1) is 11.6. The zero-order valence-corrected chi connectivity index (χ0v) is 14.2. The lowest BCUT2D eigenvalue weighted by molar-refractivity contribution is 0.0637. The molecule has 2 aliphatic heterocycles. The topological polar surface area (TPSA) is 53.1 Å². The Bertz CT molecular complexity index is 570. The van der Waals surface area contributed by atoms with Crippen molar-refractivity contribution in [2.75, 3.05) is 33.2 Å². The monoisotopic (exact) mass is 331 g/mol. The molecule has 0 saturated carbocycles. The molecule has 0 unspecified atom stereocenters. The molecule has 0 bridgehead atoms. The molecule has 3 rings (SSSR count). The zero-order valence-electron chi connectivity index (χ0n) is 14.2. The van der Waals surface area contributed by atoms with Crippen LogP contribution in [0, 0.1) is 0 Å². The number of piperidine rings is 1. The van der Waals surface area contributed by atoms with E-state index in [1.807, 2.05) is 42.3 Å². The van der Waals surface area contributed by atoms with Gasteiger partial charge in [0.1, 0.15) is 6.61 Å². The number of carbonyl (C=O) groups is 2. The highest BCUT2D eigenvalue weighted by atomic mass is 16.6. The summed E-state index contributed by atoms with van der Waals surface area (Å²) in [7, 11) is 1.85. The number of amides is 3. The first-order valence-electron chi connectivity index (χ1n) is 8.62. The maximum atomic E-state index is 12.2. The van der Waals surface area contributed by atoms with Crippen molar-refractivity contribution in [3.8, 4) is 0 Å². The van der Waals surface area contributed by atoms with Crippen LogP contribution in [-0.4, -0.2) is 66.1 Å². The molecule has 0 atom stereocenters. The first kappa shape index (κ1) is 16.6. The molecule has 1 aromatic carbocycles. The van der Waals surface area contributed by atoms with E-state index in [2.05, 4.69) is 0 Å². The fourth-order valence-electron chi connectivity index (χ4n) is 3.40. The molecule has 1 aromatic rings. The second-order valence-corrected chi connectivity index (χ2v) is 6.51. The summed E-state index contributed by atoms with van der Waals surface area (Å²) in [6, 6.07) is 10.0. The van der Waals surface area contributed by atoms with Gasteiger partial charge in [-0.3, -0.25) is 0 Å². The van der Waals surface area contributed by atoms with Gasteiger partial charge in [0.2, 0.25) is 0 Å². The molecule has 6 heteroatoms. The van der Waals surface area contributed by atoms with E-state index in [0.717, 1.165) is 37.9 Å². The van der Waals surface area contributed by atoms with E-state index in [1.54, 1.807) is 9.80 Å². The van der Waals surface area contributed by atoms with Crippen molar-refractivity contribution < 1.29 is 14.3 Å². The van der Waals surface area contributed by atoms with Gasteiger partial charge in [-0.05, 0) is 24.8 Å². The second-order valence-electron chi connectivity index (χ2n) is 6.51. The zero-order chi connectivity index (χ0) is 16.9. The number of hydrogen-bond donors (Lipinski definition) is 0. The maximum Gasteiger partial charge on any atom is 0.410 e. The minimum atomic E-state index is -0.264. The molecule has 6 nitrogen and oxygen atoms in total. The molecule has 24 heavy (non-hydrogen) atoms. The average Bonchev–Trinajstić information content (AvgIpc) is 2.63. The molecular weight excluding hydrogens is 306 g/mol. The number of benzene rings is 1. The van der Waals surface area contributed by atoms with E-state index in [4.69, 9.17) is 4.74 Å². The first-order valence-corrected chi connectivity index (χ1v) is 8.62. The van der Waals surface area contributed by atoms with Crippen LogP contribution in [0.3, 0.4) is 0 Å². The summed E-state index contributed by atoms with van der Waals surface area (Å²) in [5, 5.41) is 0. The van der Waals surface area contributed by atoms with Gasteiger partial charge in [-0.15, -0.1) is 0 Å². The molecule has 3 amide bonds. The highest BCUT2D eigenvalue weighted by molar-refractivity contribution is 5.75. The highest BCUT2D eigenvalue weighted by Crippen LogP contribution is 2.21. The van der Waals surface area contributed by atoms with Crippen LogP contribution >= 0.6 is 0 Å². The van der Waals surface area contributed by atoms with Crippen molar-refractivity contribution in [3.05, 3.63) is 35.9 Å². The minimum absolute atomic E-state index is 0.117. The van der Waals surface area contributed by atoms with Gasteiger partial charge in [-0.25, -0.2) is 9.59 Å². The Morgan fingerprint density at radius 1 is 1.12 bits per heavy atom. The smallest absolute Gasteiger partial charge is 0.410 e. The molecule has 2 fully saturated rings. The van der Waals surface area contributed by atoms with Crippen LogP contribution in [0.5, 0.6) is 0 Å². The van der Waals surface area contributed by atoms with Gasteiger partial charge >= 0.3 is 12.1 Å². The van der Waals surface area contributed by atoms with Crippen molar-refractivity contribution in [2.24, 2.45) is 0 Å². The average molecular weight is 331 g/mol. The molecule has 130 valence electrons. The van der Waals surface area contributed by atoms with Gasteiger partial charge in [-0.2, -0.15) is 0 Å². The van der Waals surface area contributed by atoms with Crippen LogP contribution < -0.4 is 0 Å². The number of carbonyl (C=O) groups excluding carboxylic acids is 2. The third kappa shape index (κ3) is 3.80. The molecule has 0 spiro atoms. The largest absolute Gasteiger partial charge is 0.445 e. The molecular formula is C18H25N3O3. The predicted molar refractivity (Wildman–Crippen MR) is 90.6 cm³/mol. The summed E-state index contributed by atoms with van der Waals surface area (Å²) in [5.74, 6) is 0. The predicted octanol–water partition coefficient (Wildman–Crippen LogP) is 2.55. The van der Waals surface area contributed by atoms with Gasteiger partial charge in [0.15, 0.2) is 0 Å². The Morgan fingerprint density at radius 2 is 1.83 bits per heavy atom. The third-order valence-corrected chi connectivity index (χ3v) is 4.83. The fraction of sp³-hybridized carbons (Fsp3) is 0.556. The molecule has 0 aromatic heterocycles. The number of rotatable bonds is 3. The normalized spacial score (nSPS) is 19.5. The fourth-order valence-corrected chi connectivity index (χ4v) is 3.40. The van der Waals surface area contributed by atoms with Crippen LogP contribution in [0.15, 0.2) is 30.3 Å². The van der Waals surface area contributed by atoms with Gasteiger partial charge < -0.3 is 19.4 Å². The lowest BCUT2D eigenvalue weighted by Crippen LogP contribution is -2.55. The lowest BCUT2D eigenvalue weighted by Gasteiger charge is -2.42. The summed E-state index contributed by atoms with van der Waals surface area (Å²) in [6.45, 7) is 3.25. The second kappa shape index (κ2) is 7.55. The number of urea groups is 1. The number of hydrogen-bond acceptors (Lipinski definition) is 3. The number of ether oxygens (including phenoxy) is 1. The maximum absolute atomic E-state index is 12.2. The van der Waals surface area contributed by atoms with E-state index in [0.29, 0.717) is 19.7 Å².